The average molecular weight is 304 g/mol. The van der Waals surface area contributed by atoms with Gasteiger partial charge in [-0.1, -0.05) is 18.1 Å². The Morgan fingerprint density at radius 3 is 2.65 bits per heavy atom. The molecule has 116 valence electrons. The summed E-state index contributed by atoms with van der Waals surface area (Å²) in [6, 6.07) is 14.1. The Labute approximate surface area is 136 Å². The van der Waals surface area contributed by atoms with Crippen molar-refractivity contribution < 1.29 is 4.74 Å². The van der Waals surface area contributed by atoms with Gasteiger partial charge in [0.2, 0.25) is 0 Å². The van der Waals surface area contributed by atoms with Crippen LogP contribution < -0.4 is 10.5 Å². The molecule has 3 nitrogen and oxygen atoms in total. The van der Waals surface area contributed by atoms with E-state index in [0.29, 0.717) is 0 Å². The minimum absolute atomic E-state index is 0.727. The summed E-state index contributed by atoms with van der Waals surface area (Å²) in [4.78, 5) is 0. The summed E-state index contributed by atoms with van der Waals surface area (Å²) in [6.45, 7) is 4.96. The summed E-state index contributed by atoms with van der Waals surface area (Å²) < 4.78 is 7.46. The molecule has 3 rings (SSSR count). The number of nitrogens with zero attached hydrogens (tertiary/aromatic N) is 1. The Kier molecular flexibility index (Phi) is 3.99. The van der Waals surface area contributed by atoms with Crippen LogP contribution in [0.25, 0.3) is 10.9 Å². The number of hydrogen-bond acceptors (Lipinski definition) is 2. The van der Waals surface area contributed by atoms with Crippen molar-refractivity contribution in [3.05, 3.63) is 59.3 Å². The zero-order valence-corrected chi connectivity index (χ0v) is 13.7. The maximum atomic E-state index is 6.34. The Balaban J connectivity index is 2.16. The number of benzene rings is 2. The van der Waals surface area contributed by atoms with E-state index in [1.54, 1.807) is 7.11 Å². The van der Waals surface area contributed by atoms with Crippen molar-refractivity contribution in [3.63, 3.8) is 0 Å². The highest BCUT2D eigenvalue weighted by Crippen LogP contribution is 2.31. The Morgan fingerprint density at radius 2 is 1.96 bits per heavy atom. The number of nitrogen functional groups attached to an aromatic ring is 1. The zero-order valence-electron chi connectivity index (χ0n) is 13.7. The number of rotatable bonds is 2. The van der Waals surface area contributed by atoms with Crippen molar-refractivity contribution in [3.8, 4) is 17.6 Å². The quantitative estimate of drug-likeness (QED) is 0.728. The molecular formula is C20H20N2O. The van der Waals surface area contributed by atoms with E-state index in [2.05, 4.69) is 42.4 Å². The van der Waals surface area contributed by atoms with E-state index in [0.717, 1.165) is 40.1 Å². The van der Waals surface area contributed by atoms with Gasteiger partial charge in [0.15, 0.2) is 0 Å². The van der Waals surface area contributed by atoms with Gasteiger partial charge in [0, 0.05) is 23.6 Å². The third-order valence-electron chi connectivity index (χ3n) is 3.97. The van der Waals surface area contributed by atoms with Crippen molar-refractivity contribution in [2.45, 2.75) is 20.4 Å². The second-order valence-electron chi connectivity index (χ2n) is 5.51. The lowest BCUT2D eigenvalue weighted by molar-refractivity contribution is 0.415. The lowest BCUT2D eigenvalue weighted by Crippen LogP contribution is -1.99. The monoisotopic (exact) mass is 304 g/mol. The van der Waals surface area contributed by atoms with Gasteiger partial charge < -0.3 is 15.0 Å². The molecule has 0 bridgehead atoms. The van der Waals surface area contributed by atoms with E-state index in [9.17, 15) is 0 Å². The highest BCUT2D eigenvalue weighted by atomic mass is 16.5. The van der Waals surface area contributed by atoms with Crippen LogP contribution in [0.4, 0.5) is 5.69 Å². The number of methoxy groups -OCH3 is 1. The molecule has 3 aromatic rings. The smallest absolute Gasteiger partial charge is 0.120 e. The van der Waals surface area contributed by atoms with E-state index in [1.165, 1.54) is 5.56 Å². The first-order valence-electron chi connectivity index (χ1n) is 7.68. The predicted octanol–water partition coefficient (Wildman–Crippen LogP) is 3.96. The highest BCUT2D eigenvalue weighted by Gasteiger charge is 2.13. The topological polar surface area (TPSA) is 40.2 Å². The Bertz CT molecular complexity index is 926. The van der Waals surface area contributed by atoms with E-state index in [-0.39, 0.29) is 0 Å². The van der Waals surface area contributed by atoms with Crippen LogP contribution in [-0.4, -0.2) is 11.7 Å². The van der Waals surface area contributed by atoms with Gasteiger partial charge in [-0.05, 0) is 49.6 Å². The molecule has 23 heavy (non-hydrogen) atoms. The number of anilines is 1. The maximum absolute atomic E-state index is 6.34. The van der Waals surface area contributed by atoms with Crippen molar-refractivity contribution in [2.24, 2.45) is 0 Å². The molecular weight excluding hydrogens is 284 g/mol. The fourth-order valence-corrected chi connectivity index (χ4v) is 2.80. The normalized spacial score (nSPS) is 10.4. The maximum Gasteiger partial charge on any atom is 0.120 e. The number of nitrogens with two attached hydrogens (primary N) is 1. The summed E-state index contributed by atoms with van der Waals surface area (Å²) in [6.07, 6.45) is 0. The molecule has 0 unspecified atom stereocenters. The second-order valence-corrected chi connectivity index (χ2v) is 5.51. The molecule has 0 saturated heterocycles. The molecule has 0 aliphatic carbocycles. The second kappa shape index (κ2) is 6.10. The minimum Gasteiger partial charge on any atom is -0.497 e. The zero-order chi connectivity index (χ0) is 16.4. The summed E-state index contributed by atoms with van der Waals surface area (Å²) in [7, 11) is 1.67. The van der Waals surface area contributed by atoms with Crippen molar-refractivity contribution in [2.75, 3.05) is 12.8 Å². The molecule has 0 atom stereocenters. The van der Waals surface area contributed by atoms with Gasteiger partial charge >= 0.3 is 0 Å². The van der Waals surface area contributed by atoms with E-state index >= 15 is 0 Å². The molecule has 0 amide bonds. The van der Waals surface area contributed by atoms with Crippen LogP contribution in [0.1, 0.15) is 23.7 Å². The molecule has 1 heterocycles. The SMILES string of the molecule is CCn1c(C#Cc2cccc(C)c2)c(N)c2ccc(OC)cc21. The molecule has 0 fully saturated rings. The van der Waals surface area contributed by atoms with Crippen LogP contribution >= 0.6 is 0 Å². The Hall–Kier alpha value is -2.86. The van der Waals surface area contributed by atoms with Gasteiger partial charge in [-0.3, -0.25) is 0 Å². The summed E-state index contributed by atoms with van der Waals surface area (Å²) >= 11 is 0. The molecule has 0 saturated carbocycles. The minimum atomic E-state index is 0.727. The van der Waals surface area contributed by atoms with Crippen LogP contribution in [0, 0.1) is 18.8 Å². The molecule has 0 aliphatic rings. The van der Waals surface area contributed by atoms with Crippen LogP contribution in [0.5, 0.6) is 5.75 Å². The average Bonchev–Trinajstić information content (AvgIpc) is 2.84. The molecule has 1 aromatic heterocycles. The first kappa shape index (κ1) is 15.1. The van der Waals surface area contributed by atoms with Gasteiger partial charge in [-0.15, -0.1) is 0 Å². The first-order chi connectivity index (χ1) is 11.1. The van der Waals surface area contributed by atoms with Gasteiger partial charge in [0.25, 0.3) is 0 Å². The number of aromatic nitrogens is 1. The number of ether oxygens (including phenoxy) is 1. The highest BCUT2D eigenvalue weighted by molar-refractivity contribution is 5.96. The molecule has 2 N–H and O–H groups in total. The van der Waals surface area contributed by atoms with Crippen LogP contribution in [0.2, 0.25) is 0 Å². The van der Waals surface area contributed by atoms with Crippen LogP contribution in [0.15, 0.2) is 42.5 Å². The van der Waals surface area contributed by atoms with Gasteiger partial charge in [0.1, 0.15) is 11.4 Å². The third kappa shape index (κ3) is 2.76. The number of hydrogen-bond donors (Lipinski definition) is 1. The van der Waals surface area contributed by atoms with Crippen LogP contribution in [0.3, 0.4) is 0 Å². The third-order valence-corrected chi connectivity index (χ3v) is 3.97. The van der Waals surface area contributed by atoms with Crippen molar-refractivity contribution >= 4 is 16.6 Å². The summed E-state index contributed by atoms with van der Waals surface area (Å²) in [5.74, 6) is 7.30. The standard InChI is InChI=1S/C20H20N2O/c1-4-22-18(11-8-15-7-5-6-14(2)12-15)20(21)17-10-9-16(23-3)13-19(17)22/h5-7,9-10,12-13H,4,21H2,1-3H3. The number of fused-ring (bicyclic) bond motifs is 1. The number of aryl methyl sites for hydroxylation is 2. The summed E-state index contributed by atoms with van der Waals surface area (Å²) in [5.41, 5.74) is 11.2. The molecule has 0 aliphatic heterocycles. The van der Waals surface area contributed by atoms with E-state index in [1.807, 2.05) is 30.3 Å². The predicted molar refractivity (Wildman–Crippen MR) is 95.7 cm³/mol. The Morgan fingerprint density at radius 1 is 1.13 bits per heavy atom. The van der Waals surface area contributed by atoms with Gasteiger partial charge in [0.05, 0.1) is 18.3 Å². The largest absolute Gasteiger partial charge is 0.497 e. The van der Waals surface area contributed by atoms with Crippen molar-refractivity contribution in [1.82, 2.24) is 4.57 Å². The lowest BCUT2D eigenvalue weighted by Gasteiger charge is -2.04. The molecule has 2 aromatic carbocycles. The fourth-order valence-electron chi connectivity index (χ4n) is 2.80. The van der Waals surface area contributed by atoms with Gasteiger partial charge in [-0.25, -0.2) is 0 Å². The summed E-state index contributed by atoms with van der Waals surface area (Å²) in [5, 5.41) is 1.01. The lowest BCUT2D eigenvalue weighted by atomic mass is 10.1. The molecule has 0 spiro atoms. The van der Waals surface area contributed by atoms with Crippen molar-refractivity contribution in [1.29, 1.82) is 0 Å². The molecule has 0 radical (unpaired) electrons. The van der Waals surface area contributed by atoms with Crippen LogP contribution in [-0.2, 0) is 6.54 Å². The van der Waals surface area contributed by atoms with E-state index in [4.69, 9.17) is 10.5 Å². The molecule has 3 heteroatoms. The van der Waals surface area contributed by atoms with E-state index < -0.39 is 0 Å². The first-order valence-corrected chi connectivity index (χ1v) is 7.68. The van der Waals surface area contributed by atoms with Gasteiger partial charge in [-0.2, -0.15) is 0 Å². The fraction of sp³-hybridized carbons (Fsp3) is 0.200.